The third kappa shape index (κ3) is 3.25. The molecule has 2 N–H and O–H groups in total. The average molecular weight is 359 g/mol. The number of carboxylic acids is 1. The lowest BCUT2D eigenvalue weighted by Crippen LogP contribution is -2.20. The van der Waals surface area contributed by atoms with Crippen LogP contribution in [0.25, 0.3) is 0 Å². The van der Waals surface area contributed by atoms with Crippen molar-refractivity contribution in [2.45, 2.75) is 6.92 Å². The van der Waals surface area contributed by atoms with E-state index in [4.69, 9.17) is 33.0 Å². The molecule has 9 heteroatoms. The second-order valence-corrected chi connectivity index (χ2v) is 5.48. The highest BCUT2D eigenvalue weighted by Gasteiger charge is 2.23. The zero-order valence-corrected chi connectivity index (χ0v) is 13.7. The first kappa shape index (κ1) is 17.1. The van der Waals surface area contributed by atoms with Crippen LogP contribution in [0.1, 0.15) is 21.6 Å². The van der Waals surface area contributed by atoms with Gasteiger partial charge in [-0.05, 0) is 19.1 Å². The Morgan fingerprint density at radius 1 is 1.30 bits per heavy atom. The Bertz CT molecular complexity index is 854. The SMILES string of the molecule is Cc1[nH]n(C)c(=O)c1C(=O)c1ccc(OCC(=O)O)c(Cl)c1Cl. The van der Waals surface area contributed by atoms with Gasteiger partial charge < -0.3 is 9.84 Å². The Kier molecular flexibility index (Phi) is 4.82. The molecule has 0 spiro atoms. The van der Waals surface area contributed by atoms with Crippen molar-refractivity contribution >= 4 is 35.0 Å². The highest BCUT2D eigenvalue weighted by atomic mass is 35.5. The number of aliphatic carboxylic acids is 1. The summed E-state index contributed by atoms with van der Waals surface area (Å²) in [5.74, 6) is -1.72. The Morgan fingerprint density at radius 3 is 2.48 bits per heavy atom. The lowest BCUT2D eigenvalue weighted by molar-refractivity contribution is -0.139. The van der Waals surface area contributed by atoms with Crippen LogP contribution in [-0.4, -0.2) is 33.2 Å². The van der Waals surface area contributed by atoms with E-state index < -0.39 is 23.9 Å². The molecule has 1 aromatic carbocycles. The largest absolute Gasteiger partial charge is 0.480 e. The first-order valence-electron chi connectivity index (χ1n) is 6.37. The van der Waals surface area contributed by atoms with Crippen molar-refractivity contribution in [1.82, 2.24) is 9.78 Å². The molecule has 1 aromatic heterocycles. The number of nitrogens with one attached hydrogen (secondary N) is 1. The van der Waals surface area contributed by atoms with E-state index in [0.717, 1.165) is 0 Å². The molecule has 0 amide bonds. The van der Waals surface area contributed by atoms with Gasteiger partial charge >= 0.3 is 5.97 Å². The molecule has 2 aromatic rings. The number of ketones is 1. The number of halogens is 2. The van der Waals surface area contributed by atoms with Crippen molar-refractivity contribution in [3.8, 4) is 5.75 Å². The second kappa shape index (κ2) is 6.47. The van der Waals surface area contributed by atoms with E-state index in [1.54, 1.807) is 6.92 Å². The summed E-state index contributed by atoms with van der Waals surface area (Å²) in [6, 6.07) is 2.66. The molecule has 122 valence electrons. The maximum atomic E-state index is 12.5. The number of aromatic amines is 1. The summed E-state index contributed by atoms with van der Waals surface area (Å²) in [5, 5.41) is 11.1. The fraction of sp³-hybridized carbons (Fsp3) is 0.214. The van der Waals surface area contributed by atoms with E-state index in [9.17, 15) is 14.4 Å². The molecule has 0 saturated heterocycles. The van der Waals surface area contributed by atoms with Gasteiger partial charge in [-0.25, -0.2) is 4.79 Å². The van der Waals surface area contributed by atoms with E-state index in [1.807, 2.05) is 0 Å². The molecule has 0 aliphatic heterocycles. The van der Waals surface area contributed by atoms with Gasteiger partial charge in [0.15, 0.2) is 6.61 Å². The van der Waals surface area contributed by atoms with E-state index >= 15 is 0 Å². The fourth-order valence-electron chi connectivity index (χ4n) is 2.05. The Labute approximate surface area is 140 Å². The Balaban J connectivity index is 2.44. The molecule has 23 heavy (non-hydrogen) atoms. The number of hydrogen-bond donors (Lipinski definition) is 2. The number of carbonyl (C=O) groups excluding carboxylic acids is 1. The summed E-state index contributed by atoms with van der Waals surface area (Å²) in [5.41, 5.74) is -0.0874. The van der Waals surface area contributed by atoms with Crippen LogP contribution >= 0.6 is 23.2 Å². The standard InChI is InChI=1S/C14H12Cl2N2O5/c1-6-10(14(22)18(2)17-6)13(21)7-3-4-8(12(16)11(7)15)23-5-9(19)20/h3-4,17H,5H2,1-2H3,(H,19,20). The normalized spacial score (nSPS) is 10.6. The number of benzene rings is 1. The summed E-state index contributed by atoms with van der Waals surface area (Å²) >= 11 is 12.1. The van der Waals surface area contributed by atoms with Gasteiger partial charge in [0.2, 0.25) is 5.78 Å². The lowest BCUT2D eigenvalue weighted by atomic mass is 10.0. The molecule has 0 bridgehead atoms. The smallest absolute Gasteiger partial charge is 0.341 e. The highest BCUT2D eigenvalue weighted by Crippen LogP contribution is 2.35. The molecule has 0 aliphatic rings. The number of carbonyl (C=O) groups is 2. The molecule has 0 atom stereocenters. The van der Waals surface area contributed by atoms with Crippen LogP contribution in [0.5, 0.6) is 5.75 Å². The summed E-state index contributed by atoms with van der Waals surface area (Å²) in [4.78, 5) is 35.0. The highest BCUT2D eigenvalue weighted by molar-refractivity contribution is 6.45. The van der Waals surface area contributed by atoms with Crippen LogP contribution < -0.4 is 10.3 Å². The molecule has 7 nitrogen and oxygen atoms in total. The van der Waals surface area contributed by atoms with Crippen LogP contribution in [0, 0.1) is 6.92 Å². The fourth-order valence-corrected chi connectivity index (χ4v) is 2.51. The Hall–Kier alpha value is -2.25. The van der Waals surface area contributed by atoms with Crippen LogP contribution in [0.2, 0.25) is 10.0 Å². The maximum Gasteiger partial charge on any atom is 0.341 e. The topological polar surface area (TPSA) is 101 Å². The van der Waals surface area contributed by atoms with E-state index in [0.29, 0.717) is 5.69 Å². The molecule has 0 saturated carbocycles. The number of ether oxygens (including phenoxy) is 1. The van der Waals surface area contributed by atoms with Crippen molar-refractivity contribution in [3.63, 3.8) is 0 Å². The number of aromatic nitrogens is 2. The van der Waals surface area contributed by atoms with Gasteiger partial charge in [-0.3, -0.25) is 19.4 Å². The zero-order valence-electron chi connectivity index (χ0n) is 12.1. The van der Waals surface area contributed by atoms with Crippen LogP contribution in [0.3, 0.4) is 0 Å². The van der Waals surface area contributed by atoms with Gasteiger partial charge in [0.1, 0.15) is 16.3 Å². The predicted molar refractivity (Wildman–Crippen MR) is 83.8 cm³/mol. The minimum absolute atomic E-state index is 0.0270. The van der Waals surface area contributed by atoms with Gasteiger partial charge in [-0.1, -0.05) is 23.2 Å². The van der Waals surface area contributed by atoms with Gasteiger partial charge in [0.25, 0.3) is 5.56 Å². The first-order valence-corrected chi connectivity index (χ1v) is 7.12. The quantitative estimate of drug-likeness (QED) is 0.796. The lowest BCUT2D eigenvalue weighted by Gasteiger charge is -2.10. The second-order valence-electron chi connectivity index (χ2n) is 4.73. The number of carboxylic acid groups (broad SMARTS) is 1. The van der Waals surface area contributed by atoms with Gasteiger partial charge in [0, 0.05) is 18.3 Å². The predicted octanol–water partition coefficient (Wildman–Crippen LogP) is 2.02. The monoisotopic (exact) mass is 358 g/mol. The van der Waals surface area contributed by atoms with Crippen LogP contribution in [0.15, 0.2) is 16.9 Å². The number of aryl methyl sites for hydroxylation is 2. The van der Waals surface area contributed by atoms with E-state index in [1.165, 1.54) is 23.9 Å². The molecule has 1 heterocycles. The van der Waals surface area contributed by atoms with Crippen molar-refractivity contribution in [3.05, 3.63) is 49.4 Å². The van der Waals surface area contributed by atoms with Gasteiger partial charge in [-0.15, -0.1) is 0 Å². The molecule has 0 unspecified atom stereocenters. The number of nitrogens with zero attached hydrogens (tertiary/aromatic N) is 1. The van der Waals surface area contributed by atoms with Crippen molar-refractivity contribution in [1.29, 1.82) is 0 Å². The van der Waals surface area contributed by atoms with Crippen LogP contribution in [0.4, 0.5) is 0 Å². The van der Waals surface area contributed by atoms with E-state index in [-0.39, 0.29) is 26.9 Å². The first-order chi connectivity index (χ1) is 10.7. The minimum atomic E-state index is -1.18. The molecular formula is C14H12Cl2N2O5. The summed E-state index contributed by atoms with van der Waals surface area (Å²) in [6.07, 6.45) is 0. The molecular weight excluding hydrogens is 347 g/mol. The van der Waals surface area contributed by atoms with Crippen molar-refractivity contribution in [2.75, 3.05) is 6.61 Å². The summed E-state index contributed by atoms with van der Waals surface area (Å²) < 4.78 is 6.15. The molecule has 0 fully saturated rings. The Morgan fingerprint density at radius 2 is 1.96 bits per heavy atom. The van der Waals surface area contributed by atoms with Crippen LogP contribution in [-0.2, 0) is 11.8 Å². The molecule has 0 aliphatic carbocycles. The number of hydrogen-bond acceptors (Lipinski definition) is 4. The number of rotatable bonds is 5. The molecule has 2 rings (SSSR count). The molecule has 0 radical (unpaired) electrons. The summed E-state index contributed by atoms with van der Waals surface area (Å²) in [6.45, 7) is 0.995. The van der Waals surface area contributed by atoms with Gasteiger partial charge in [0.05, 0.1) is 5.02 Å². The third-order valence-corrected chi connectivity index (χ3v) is 3.96. The summed E-state index contributed by atoms with van der Waals surface area (Å²) in [7, 11) is 1.49. The minimum Gasteiger partial charge on any atom is -0.480 e. The van der Waals surface area contributed by atoms with Crippen molar-refractivity contribution < 1.29 is 19.4 Å². The third-order valence-electron chi connectivity index (χ3n) is 3.10. The average Bonchev–Trinajstić information content (AvgIpc) is 2.73. The number of H-pyrrole nitrogens is 1. The van der Waals surface area contributed by atoms with Gasteiger partial charge in [-0.2, -0.15) is 0 Å². The van der Waals surface area contributed by atoms with Crippen molar-refractivity contribution in [2.24, 2.45) is 7.05 Å². The zero-order chi connectivity index (χ0) is 17.3. The van der Waals surface area contributed by atoms with E-state index in [2.05, 4.69) is 5.10 Å². The maximum absolute atomic E-state index is 12.5.